The molecule has 2 nitrogen and oxygen atoms in total. The van der Waals surface area contributed by atoms with E-state index in [1.165, 1.54) is 0 Å². The number of pyridine rings is 1. The predicted molar refractivity (Wildman–Crippen MR) is 74.2 cm³/mol. The van der Waals surface area contributed by atoms with Gasteiger partial charge in [-0.25, -0.2) is 4.98 Å². The molecule has 6 heteroatoms. The van der Waals surface area contributed by atoms with Crippen molar-refractivity contribution >= 4 is 22.6 Å². The summed E-state index contributed by atoms with van der Waals surface area (Å²) >= 11 is 5.68. The molecule has 0 saturated heterocycles. The number of fused-ring (bicyclic) bond motifs is 1. The Morgan fingerprint density at radius 2 is 1.90 bits per heavy atom. The van der Waals surface area contributed by atoms with Crippen molar-refractivity contribution in [3.63, 3.8) is 0 Å². The average molecular weight is 312 g/mol. The summed E-state index contributed by atoms with van der Waals surface area (Å²) in [5.74, 6) is 0.257. The molecule has 0 spiro atoms. The minimum atomic E-state index is -4.48. The van der Waals surface area contributed by atoms with E-state index >= 15 is 0 Å². The van der Waals surface area contributed by atoms with Crippen molar-refractivity contribution in [2.24, 2.45) is 0 Å². The number of alkyl halides is 3. The van der Waals surface area contributed by atoms with Crippen molar-refractivity contribution in [2.45, 2.75) is 13.1 Å². The number of nitrogens with zero attached hydrogens (tertiary/aromatic N) is 1. The minimum absolute atomic E-state index is 0.0606. The van der Waals surface area contributed by atoms with E-state index in [1.807, 2.05) is 25.1 Å². The number of aryl methyl sites for hydroxylation is 1. The molecule has 0 aliphatic carbocycles. The summed E-state index contributed by atoms with van der Waals surface area (Å²) in [7, 11) is 0. The Labute approximate surface area is 123 Å². The van der Waals surface area contributed by atoms with Crippen LogP contribution in [0.3, 0.4) is 0 Å². The Bertz CT molecular complexity index is 823. The topological polar surface area (TPSA) is 26.0 Å². The van der Waals surface area contributed by atoms with Gasteiger partial charge in [-0.15, -0.1) is 0 Å². The number of para-hydroxylation sites is 1. The molecule has 0 bridgehead atoms. The quantitative estimate of drug-likeness (QED) is 0.556. The zero-order chi connectivity index (χ0) is 15.2. The smallest absolute Gasteiger partial charge is 0.416 e. The van der Waals surface area contributed by atoms with Gasteiger partial charge in [-0.05, 0) is 30.7 Å². The number of halogens is 4. The normalized spacial score (nSPS) is 12.0. The SMILES string of the molecule is Cc1cccc2cc(-c3cc(C(F)(F)F)cc(Cl)n3)oc12. The summed E-state index contributed by atoms with van der Waals surface area (Å²) in [5, 5.41) is 0.581. The van der Waals surface area contributed by atoms with Crippen molar-refractivity contribution < 1.29 is 17.6 Å². The van der Waals surface area contributed by atoms with Gasteiger partial charge in [0.25, 0.3) is 0 Å². The molecule has 0 fully saturated rings. The Balaban J connectivity index is 2.18. The number of benzene rings is 1. The van der Waals surface area contributed by atoms with Gasteiger partial charge in [0.05, 0.1) is 5.56 Å². The van der Waals surface area contributed by atoms with E-state index in [9.17, 15) is 13.2 Å². The van der Waals surface area contributed by atoms with Crippen LogP contribution in [0.1, 0.15) is 11.1 Å². The van der Waals surface area contributed by atoms with Gasteiger partial charge in [0.1, 0.15) is 16.4 Å². The van der Waals surface area contributed by atoms with Crippen molar-refractivity contribution in [2.75, 3.05) is 0 Å². The van der Waals surface area contributed by atoms with Crippen molar-refractivity contribution in [3.05, 3.63) is 52.7 Å². The Kier molecular flexibility index (Phi) is 3.17. The predicted octanol–water partition coefficient (Wildman–Crippen LogP) is 5.48. The van der Waals surface area contributed by atoms with E-state index in [0.717, 1.165) is 23.1 Å². The summed E-state index contributed by atoms with van der Waals surface area (Å²) in [4.78, 5) is 3.91. The molecule has 0 aliphatic heterocycles. The first kappa shape index (κ1) is 13.9. The molecule has 0 unspecified atom stereocenters. The van der Waals surface area contributed by atoms with E-state index in [2.05, 4.69) is 4.98 Å². The van der Waals surface area contributed by atoms with E-state index in [0.29, 0.717) is 5.58 Å². The molecule has 3 aromatic rings. The van der Waals surface area contributed by atoms with Gasteiger partial charge in [-0.3, -0.25) is 0 Å². The molecule has 108 valence electrons. The number of hydrogen-bond donors (Lipinski definition) is 0. The summed E-state index contributed by atoms with van der Waals surface area (Å²) in [6.07, 6.45) is -4.48. The van der Waals surface area contributed by atoms with Gasteiger partial charge in [0.15, 0.2) is 5.76 Å². The molecule has 2 aromatic heterocycles. The second kappa shape index (κ2) is 4.77. The van der Waals surface area contributed by atoms with Crippen LogP contribution in [0.2, 0.25) is 5.15 Å². The van der Waals surface area contributed by atoms with Gasteiger partial charge >= 0.3 is 6.18 Å². The van der Waals surface area contributed by atoms with Crippen molar-refractivity contribution in [1.29, 1.82) is 0 Å². The maximum atomic E-state index is 12.8. The fourth-order valence-corrected chi connectivity index (χ4v) is 2.33. The lowest BCUT2D eigenvalue weighted by atomic mass is 10.1. The van der Waals surface area contributed by atoms with Gasteiger partial charge in [-0.2, -0.15) is 13.2 Å². The average Bonchev–Trinajstić information content (AvgIpc) is 2.82. The fraction of sp³-hybridized carbons (Fsp3) is 0.133. The molecule has 3 rings (SSSR count). The zero-order valence-electron chi connectivity index (χ0n) is 10.8. The number of rotatable bonds is 1. The highest BCUT2D eigenvalue weighted by Gasteiger charge is 2.32. The largest absolute Gasteiger partial charge is 0.454 e. The number of hydrogen-bond acceptors (Lipinski definition) is 2. The first-order valence-corrected chi connectivity index (χ1v) is 6.47. The molecule has 1 aromatic carbocycles. The molecule has 21 heavy (non-hydrogen) atoms. The second-order valence-corrected chi connectivity index (χ2v) is 5.05. The first-order chi connectivity index (χ1) is 9.84. The lowest BCUT2D eigenvalue weighted by Crippen LogP contribution is -2.05. The van der Waals surface area contributed by atoms with Crippen LogP contribution >= 0.6 is 11.6 Å². The molecule has 0 N–H and O–H groups in total. The summed E-state index contributed by atoms with van der Waals surface area (Å²) in [6.45, 7) is 1.86. The van der Waals surface area contributed by atoms with Crippen molar-refractivity contribution in [3.8, 4) is 11.5 Å². The van der Waals surface area contributed by atoms with Gasteiger partial charge in [-0.1, -0.05) is 29.8 Å². The molecule has 2 heterocycles. The molecule has 0 atom stereocenters. The third kappa shape index (κ3) is 2.61. The lowest BCUT2D eigenvalue weighted by molar-refractivity contribution is -0.137. The summed E-state index contributed by atoms with van der Waals surface area (Å²) < 4.78 is 44.1. The number of furan rings is 1. The standard InChI is InChI=1S/C15H9ClF3NO/c1-8-3-2-4-9-5-12(21-14(8)9)11-6-10(15(17,18)19)7-13(16)20-11/h2-7H,1H3. The third-order valence-corrected chi connectivity index (χ3v) is 3.31. The first-order valence-electron chi connectivity index (χ1n) is 6.09. The Morgan fingerprint density at radius 3 is 2.57 bits per heavy atom. The lowest BCUT2D eigenvalue weighted by Gasteiger charge is -2.07. The molecular formula is C15H9ClF3NO. The monoisotopic (exact) mass is 311 g/mol. The molecule has 0 saturated carbocycles. The molecule has 0 amide bonds. The van der Waals surface area contributed by atoms with Crippen LogP contribution in [0.15, 0.2) is 40.8 Å². The van der Waals surface area contributed by atoms with E-state index in [4.69, 9.17) is 16.0 Å². The van der Waals surface area contributed by atoms with Crippen LogP contribution in [-0.2, 0) is 6.18 Å². The summed E-state index contributed by atoms with van der Waals surface area (Å²) in [5.41, 5.74) is 0.736. The van der Waals surface area contributed by atoms with E-state index < -0.39 is 11.7 Å². The van der Waals surface area contributed by atoms with Gasteiger partial charge in [0.2, 0.25) is 0 Å². The zero-order valence-corrected chi connectivity index (χ0v) is 11.6. The highest BCUT2D eigenvalue weighted by molar-refractivity contribution is 6.29. The molecule has 0 radical (unpaired) electrons. The second-order valence-electron chi connectivity index (χ2n) is 4.67. The van der Waals surface area contributed by atoms with E-state index in [-0.39, 0.29) is 16.6 Å². The number of aromatic nitrogens is 1. The molecule has 0 aliphatic rings. The third-order valence-electron chi connectivity index (χ3n) is 3.11. The van der Waals surface area contributed by atoms with Crippen LogP contribution in [0, 0.1) is 6.92 Å². The van der Waals surface area contributed by atoms with Crippen LogP contribution in [0.25, 0.3) is 22.4 Å². The maximum Gasteiger partial charge on any atom is 0.416 e. The van der Waals surface area contributed by atoms with Crippen LogP contribution in [0.4, 0.5) is 13.2 Å². The highest BCUT2D eigenvalue weighted by atomic mass is 35.5. The maximum absolute atomic E-state index is 12.8. The Morgan fingerprint density at radius 1 is 1.14 bits per heavy atom. The van der Waals surface area contributed by atoms with Crippen molar-refractivity contribution in [1.82, 2.24) is 4.98 Å². The molecular weight excluding hydrogens is 303 g/mol. The van der Waals surface area contributed by atoms with Crippen LogP contribution in [0.5, 0.6) is 0 Å². The van der Waals surface area contributed by atoms with E-state index in [1.54, 1.807) is 6.07 Å². The van der Waals surface area contributed by atoms with Crippen LogP contribution < -0.4 is 0 Å². The van der Waals surface area contributed by atoms with Gasteiger partial charge in [0, 0.05) is 5.39 Å². The highest BCUT2D eigenvalue weighted by Crippen LogP contribution is 2.35. The van der Waals surface area contributed by atoms with Crippen LogP contribution in [-0.4, -0.2) is 4.98 Å². The summed E-state index contributed by atoms with van der Waals surface area (Å²) in [6, 6.07) is 8.91. The van der Waals surface area contributed by atoms with Gasteiger partial charge < -0.3 is 4.42 Å². The minimum Gasteiger partial charge on any atom is -0.454 e. The fourth-order valence-electron chi connectivity index (χ4n) is 2.12. The Hall–Kier alpha value is -2.01.